The molecule has 0 amide bonds. The van der Waals surface area contributed by atoms with Crippen LogP contribution in [0.2, 0.25) is 0 Å². The van der Waals surface area contributed by atoms with Crippen molar-refractivity contribution in [3.05, 3.63) is 101 Å². The summed E-state index contributed by atoms with van der Waals surface area (Å²) in [6.07, 6.45) is 3.64. The molecule has 5 rings (SSSR count). The van der Waals surface area contributed by atoms with Gasteiger partial charge in [0.25, 0.3) is 0 Å². The average molecular weight is 397 g/mol. The van der Waals surface area contributed by atoms with Gasteiger partial charge in [-0.2, -0.15) is 5.10 Å². The number of aliphatic imine (C=N–C) groups is 1. The minimum atomic E-state index is -0.464. The fourth-order valence-corrected chi connectivity index (χ4v) is 3.80. The van der Waals surface area contributed by atoms with Gasteiger partial charge in [0, 0.05) is 17.3 Å². The number of rotatable bonds is 4. The number of aromatic nitrogens is 2. The summed E-state index contributed by atoms with van der Waals surface area (Å²) in [5.41, 5.74) is 3.57. The van der Waals surface area contributed by atoms with E-state index in [1.165, 1.54) is 0 Å². The van der Waals surface area contributed by atoms with Crippen LogP contribution in [0.5, 0.6) is 0 Å². The number of thiophene rings is 1. The standard InChI is InChI=1S/C23H15N3O2S/c27-23-19(24-22(28-23)16-8-3-1-4-9-16)14-17-15-26(18-10-5-2-6-11-18)25-21(17)20-12-7-13-29-20/h1-15H/b19-14-. The lowest BCUT2D eigenvalue weighted by atomic mass is 10.2. The summed E-state index contributed by atoms with van der Waals surface area (Å²) in [4.78, 5) is 17.8. The molecule has 5 nitrogen and oxygen atoms in total. The second-order valence-electron chi connectivity index (χ2n) is 6.39. The summed E-state index contributed by atoms with van der Waals surface area (Å²) in [7, 11) is 0. The van der Waals surface area contributed by atoms with Gasteiger partial charge >= 0.3 is 5.97 Å². The molecule has 0 unspecified atom stereocenters. The Kier molecular flexibility index (Phi) is 4.38. The summed E-state index contributed by atoms with van der Waals surface area (Å²) in [5.74, 6) is -0.150. The molecule has 0 saturated carbocycles. The zero-order valence-corrected chi connectivity index (χ0v) is 16.0. The van der Waals surface area contributed by atoms with Crippen molar-refractivity contribution >= 4 is 29.3 Å². The highest BCUT2D eigenvalue weighted by Crippen LogP contribution is 2.30. The number of carbonyl (C=O) groups excluding carboxylic acids is 1. The van der Waals surface area contributed by atoms with E-state index in [2.05, 4.69) is 4.99 Å². The number of cyclic esters (lactones) is 1. The van der Waals surface area contributed by atoms with Crippen molar-refractivity contribution in [2.24, 2.45) is 4.99 Å². The molecule has 1 aliphatic rings. The number of para-hydroxylation sites is 1. The Balaban J connectivity index is 1.59. The molecule has 0 saturated heterocycles. The highest BCUT2D eigenvalue weighted by molar-refractivity contribution is 7.13. The van der Waals surface area contributed by atoms with Crippen molar-refractivity contribution in [1.82, 2.24) is 9.78 Å². The first-order valence-corrected chi connectivity index (χ1v) is 9.93. The summed E-state index contributed by atoms with van der Waals surface area (Å²) < 4.78 is 7.18. The number of benzene rings is 2. The molecule has 0 bridgehead atoms. The maximum absolute atomic E-state index is 12.4. The van der Waals surface area contributed by atoms with Crippen LogP contribution in [0, 0.1) is 0 Å². The smallest absolute Gasteiger partial charge is 0.363 e. The zero-order valence-electron chi connectivity index (χ0n) is 15.2. The Morgan fingerprint density at radius 3 is 2.41 bits per heavy atom. The van der Waals surface area contributed by atoms with E-state index in [1.54, 1.807) is 17.4 Å². The third-order valence-electron chi connectivity index (χ3n) is 4.45. The molecule has 0 aliphatic carbocycles. The quantitative estimate of drug-likeness (QED) is 0.362. The molecular formula is C23H15N3O2S. The first kappa shape index (κ1) is 17.3. The fourth-order valence-electron chi connectivity index (χ4n) is 3.07. The van der Waals surface area contributed by atoms with Crippen molar-refractivity contribution in [3.63, 3.8) is 0 Å². The molecule has 0 spiro atoms. The lowest BCUT2D eigenvalue weighted by molar-refractivity contribution is -0.129. The summed E-state index contributed by atoms with van der Waals surface area (Å²) in [5, 5.41) is 6.75. The Bertz CT molecular complexity index is 1220. The van der Waals surface area contributed by atoms with Gasteiger partial charge in [-0.05, 0) is 41.8 Å². The Hall–Kier alpha value is -3.77. The van der Waals surface area contributed by atoms with Gasteiger partial charge in [-0.15, -0.1) is 11.3 Å². The van der Waals surface area contributed by atoms with Crippen LogP contribution in [0.3, 0.4) is 0 Å². The largest absolute Gasteiger partial charge is 0.402 e. The van der Waals surface area contributed by atoms with Gasteiger partial charge in [0.05, 0.1) is 10.6 Å². The first-order chi connectivity index (χ1) is 14.3. The van der Waals surface area contributed by atoms with Gasteiger partial charge in [0.2, 0.25) is 5.90 Å². The van der Waals surface area contributed by atoms with Crippen molar-refractivity contribution in [3.8, 4) is 16.3 Å². The zero-order chi connectivity index (χ0) is 19.6. The predicted molar refractivity (Wildman–Crippen MR) is 114 cm³/mol. The van der Waals surface area contributed by atoms with Crippen LogP contribution in [0.4, 0.5) is 0 Å². The molecule has 1 aliphatic heterocycles. The van der Waals surface area contributed by atoms with Gasteiger partial charge in [0.1, 0.15) is 5.69 Å². The van der Waals surface area contributed by atoms with Crippen LogP contribution >= 0.6 is 11.3 Å². The van der Waals surface area contributed by atoms with Crippen molar-refractivity contribution in [2.45, 2.75) is 0 Å². The highest BCUT2D eigenvalue weighted by Gasteiger charge is 2.25. The summed E-state index contributed by atoms with van der Waals surface area (Å²) >= 11 is 1.60. The third-order valence-corrected chi connectivity index (χ3v) is 5.33. The topological polar surface area (TPSA) is 56.5 Å². The second kappa shape index (κ2) is 7.33. The first-order valence-electron chi connectivity index (χ1n) is 9.05. The van der Waals surface area contributed by atoms with Crippen LogP contribution in [0.25, 0.3) is 22.3 Å². The summed E-state index contributed by atoms with van der Waals surface area (Å²) in [6, 6.07) is 23.2. The third kappa shape index (κ3) is 3.41. The molecule has 4 aromatic rings. The predicted octanol–water partition coefficient (Wildman–Crippen LogP) is 4.95. The molecule has 140 valence electrons. The van der Waals surface area contributed by atoms with Crippen molar-refractivity contribution < 1.29 is 9.53 Å². The molecule has 2 aromatic carbocycles. The van der Waals surface area contributed by atoms with E-state index < -0.39 is 5.97 Å². The molecule has 6 heteroatoms. The van der Waals surface area contributed by atoms with Crippen molar-refractivity contribution in [2.75, 3.05) is 0 Å². The van der Waals surface area contributed by atoms with E-state index in [4.69, 9.17) is 9.84 Å². The van der Waals surface area contributed by atoms with Crippen LogP contribution in [0.1, 0.15) is 11.1 Å². The van der Waals surface area contributed by atoms with E-state index in [0.29, 0.717) is 5.90 Å². The molecule has 0 fully saturated rings. The van der Waals surface area contributed by atoms with E-state index in [9.17, 15) is 4.79 Å². The van der Waals surface area contributed by atoms with Crippen LogP contribution in [0.15, 0.2) is 95.1 Å². The SMILES string of the molecule is O=C1OC(c2ccccc2)=N/C1=C\c1cn(-c2ccccc2)nc1-c1cccs1. The molecule has 0 atom stereocenters. The monoisotopic (exact) mass is 397 g/mol. The number of esters is 1. The number of carbonyl (C=O) groups is 1. The highest BCUT2D eigenvalue weighted by atomic mass is 32.1. The molecular weight excluding hydrogens is 382 g/mol. The maximum Gasteiger partial charge on any atom is 0.363 e. The molecule has 29 heavy (non-hydrogen) atoms. The van der Waals surface area contributed by atoms with E-state index in [-0.39, 0.29) is 5.70 Å². The van der Waals surface area contributed by atoms with Crippen LogP contribution < -0.4 is 0 Å². The van der Waals surface area contributed by atoms with Crippen LogP contribution in [-0.4, -0.2) is 21.6 Å². The number of hydrogen-bond donors (Lipinski definition) is 0. The average Bonchev–Trinajstić information content (AvgIpc) is 3.50. The normalized spacial score (nSPS) is 14.8. The Morgan fingerprint density at radius 1 is 0.931 bits per heavy atom. The maximum atomic E-state index is 12.4. The summed E-state index contributed by atoms with van der Waals surface area (Å²) in [6.45, 7) is 0. The van der Waals surface area contributed by atoms with E-state index in [1.807, 2.05) is 89.1 Å². The Morgan fingerprint density at radius 2 is 1.69 bits per heavy atom. The number of nitrogens with zero attached hydrogens (tertiary/aromatic N) is 3. The number of hydrogen-bond acceptors (Lipinski definition) is 5. The minimum Gasteiger partial charge on any atom is -0.402 e. The van der Waals surface area contributed by atoms with Gasteiger partial charge in [0.15, 0.2) is 5.70 Å². The van der Waals surface area contributed by atoms with Gasteiger partial charge in [-0.25, -0.2) is 14.5 Å². The van der Waals surface area contributed by atoms with E-state index >= 15 is 0 Å². The van der Waals surface area contributed by atoms with Gasteiger partial charge in [-0.3, -0.25) is 0 Å². The van der Waals surface area contributed by atoms with Crippen molar-refractivity contribution in [1.29, 1.82) is 0 Å². The minimum absolute atomic E-state index is 0.259. The van der Waals surface area contributed by atoms with Crippen LogP contribution in [-0.2, 0) is 9.53 Å². The van der Waals surface area contributed by atoms with E-state index in [0.717, 1.165) is 27.4 Å². The number of ether oxygens (including phenoxy) is 1. The lowest BCUT2D eigenvalue weighted by Gasteiger charge is -1.99. The second-order valence-corrected chi connectivity index (χ2v) is 7.34. The van der Waals surface area contributed by atoms with Gasteiger partial charge < -0.3 is 4.74 Å². The Labute approximate surface area is 171 Å². The lowest BCUT2D eigenvalue weighted by Crippen LogP contribution is -2.04. The molecule has 3 heterocycles. The van der Waals surface area contributed by atoms with Gasteiger partial charge in [-0.1, -0.05) is 42.5 Å². The molecule has 2 aromatic heterocycles. The fraction of sp³-hybridized carbons (Fsp3) is 0. The molecule has 0 radical (unpaired) electrons. The molecule has 0 N–H and O–H groups in total.